The van der Waals surface area contributed by atoms with Crippen molar-refractivity contribution in [1.82, 2.24) is 4.31 Å². The van der Waals surface area contributed by atoms with Crippen LogP contribution in [0.25, 0.3) is 0 Å². The first kappa shape index (κ1) is 13.3. The molecule has 0 radical (unpaired) electrons. The van der Waals surface area contributed by atoms with Crippen LogP contribution in [0.4, 0.5) is 5.69 Å². The van der Waals surface area contributed by atoms with Crippen LogP contribution in [-0.2, 0) is 15.8 Å². The number of nitrogens with two attached hydrogens (primary N) is 1. The van der Waals surface area contributed by atoms with Crippen LogP contribution in [0, 0.1) is 0 Å². The minimum atomic E-state index is -3.36. The number of rotatable bonds is 4. The fourth-order valence-corrected chi connectivity index (χ4v) is 3.67. The van der Waals surface area contributed by atoms with Gasteiger partial charge in [0.05, 0.1) is 11.4 Å². The number of β-amino-alcohol motifs (C(OH)–C–C–N with tert-alkyl or cyclic N) is 1. The van der Waals surface area contributed by atoms with Crippen molar-refractivity contribution >= 4 is 15.7 Å². The van der Waals surface area contributed by atoms with Crippen LogP contribution in [0.2, 0.25) is 0 Å². The lowest BCUT2D eigenvalue weighted by atomic mass is 9.94. The lowest BCUT2D eigenvalue weighted by molar-refractivity contribution is -0.0614. The Morgan fingerprint density at radius 2 is 2.11 bits per heavy atom. The molecular weight excluding hydrogens is 252 g/mol. The fourth-order valence-electron chi connectivity index (χ4n) is 2.02. The maximum Gasteiger partial charge on any atom is 0.218 e. The molecule has 0 amide bonds. The molecule has 2 rings (SSSR count). The van der Waals surface area contributed by atoms with Crippen molar-refractivity contribution < 1.29 is 13.5 Å². The summed E-state index contributed by atoms with van der Waals surface area (Å²) in [5.41, 5.74) is 5.99. The highest BCUT2D eigenvalue weighted by Crippen LogP contribution is 2.28. The average molecular weight is 270 g/mol. The number of nitrogen functional groups attached to an aromatic ring is 1. The first-order valence-electron chi connectivity index (χ1n) is 5.89. The Morgan fingerprint density at radius 3 is 2.67 bits per heavy atom. The molecule has 6 heteroatoms. The van der Waals surface area contributed by atoms with Crippen molar-refractivity contribution in [3.8, 4) is 0 Å². The molecule has 0 saturated carbocycles. The largest absolute Gasteiger partial charge is 0.399 e. The van der Waals surface area contributed by atoms with Gasteiger partial charge in [-0.1, -0.05) is 19.1 Å². The van der Waals surface area contributed by atoms with E-state index in [-0.39, 0.29) is 18.8 Å². The quantitative estimate of drug-likeness (QED) is 0.783. The molecule has 0 bridgehead atoms. The molecule has 100 valence electrons. The van der Waals surface area contributed by atoms with E-state index < -0.39 is 15.6 Å². The molecule has 0 aromatic heterocycles. The molecule has 0 spiro atoms. The van der Waals surface area contributed by atoms with Gasteiger partial charge < -0.3 is 10.8 Å². The van der Waals surface area contributed by atoms with E-state index in [9.17, 15) is 13.5 Å². The van der Waals surface area contributed by atoms with Gasteiger partial charge in [-0.15, -0.1) is 0 Å². The van der Waals surface area contributed by atoms with Gasteiger partial charge in [-0.05, 0) is 24.1 Å². The second-order valence-corrected chi connectivity index (χ2v) is 6.82. The Labute approximate surface area is 107 Å². The summed E-state index contributed by atoms with van der Waals surface area (Å²) in [6, 6.07) is 6.84. The molecule has 18 heavy (non-hydrogen) atoms. The van der Waals surface area contributed by atoms with Gasteiger partial charge in [-0.25, -0.2) is 8.42 Å². The maximum absolute atomic E-state index is 12.1. The van der Waals surface area contributed by atoms with Crippen LogP contribution in [0.1, 0.15) is 18.9 Å². The third-order valence-electron chi connectivity index (χ3n) is 3.29. The Balaban J connectivity index is 2.06. The van der Waals surface area contributed by atoms with E-state index in [1.807, 2.05) is 6.92 Å². The van der Waals surface area contributed by atoms with Gasteiger partial charge in [0, 0.05) is 18.8 Å². The molecule has 0 atom stereocenters. The molecule has 1 aromatic carbocycles. The van der Waals surface area contributed by atoms with Gasteiger partial charge in [0.25, 0.3) is 0 Å². The van der Waals surface area contributed by atoms with E-state index in [1.54, 1.807) is 24.3 Å². The number of aliphatic hydroxyl groups is 1. The highest BCUT2D eigenvalue weighted by molar-refractivity contribution is 7.88. The number of sulfonamides is 1. The summed E-state index contributed by atoms with van der Waals surface area (Å²) in [6.45, 7) is 2.23. The third-order valence-corrected chi connectivity index (χ3v) is 5.04. The predicted octanol–water partition coefficient (Wildman–Crippen LogP) is 0.555. The monoisotopic (exact) mass is 270 g/mol. The molecule has 1 aromatic rings. The molecule has 1 saturated heterocycles. The molecule has 1 aliphatic heterocycles. The zero-order valence-corrected chi connectivity index (χ0v) is 11.2. The summed E-state index contributed by atoms with van der Waals surface area (Å²) in [4.78, 5) is 0. The summed E-state index contributed by atoms with van der Waals surface area (Å²) >= 11 is 0. The molecule has 0 aliphatic carbocycles. The zero-order chi connectivity index (χ0) is 13.4. The minimum absolute atomic E-state index is 0.0716. The highest BCUT2D eigenvalue weighted by Gasteiger charge is 2.45. The lowest BCUT2D eigenvalue weighted by Gasteiger charge is -2.44. The molecule has 1 fully saturated rings. The van der Waals surface area contributed by atoms with E-state index >= 15 is 0 Å². The smallest absolute Gasteiger partial charge is 0.218 e. The number of hydrogen-bond donors (Lipinski definition) is 2. The van der Waals surface area contributed by atoms with Crippen LogP contribution in [0.5, 0.6) is 0 Å². The van der Waals surface area contributed by atoms with Crippen molar-refractivity contribution in [2.24, 2.45) is 0 Å². The van der Waals surface area contributed by atoms with E-state index in [2.05, 4.69) is 0 Å². The molecule has 3 N–H and O–H groups in total. The van der Waals surface area contributed by atoms with Crippen LogP contribution >= 0.6 is 0 Å². The molecule has 1 heterocycles. The van der Waals surface area contributed by atoms with E-state index in [0.29, 0.717) is 17.7 Å². The molecule has 1 aliphatic rings. The van der Waals surface area contributed by atoms with E-state index in [1.165, 1.54) is 4.31 Å². The fraction of sp³-hybridized carbons (Fsp3) is 0.500. The topological polar surface area (TPSA) is 83.6 Å². The average Bonchev–Trinajstić information content (AvgIpc) is 2.24. The second kappa shape index (κ2) is 4.53. The van der Waals surface area contributed by atoms with Gasteiger partial charge in [0.15, 0.2) is 0 Å². The van der Waals surface area contributed by atoms with Crippen LogP contribution in [0.3, 0.4) is 0 Å². The van der Waals surface area contributed by atoms with Crippen LogP contribution in [-0.4, -0.2) is 36.5 Å². The predicted molar refractivity (Wildman–Crippen MR) is 70.3 cm³/mol. The first-order valence-corrected chi connectivity index (χ1v) is 7.50. The first-order chi connectivity index (χ1) is 8.35. The molecular formula is C12H18N2O3S. The SMILES string of the molecule is CCC1(O)CN(S(=O)(=O)Cc2cccc(N)c2)C1. The van der Waals surface area contributed by atoms with Gasteiger partial charge in [0.1, 0.15) is 0 Å². The molecule has 5 nitrogen and oxygen atoms in total. The number of nitrogens with zero attached hydrogens (tertiary/aromatic N) is 1. The van der Waals surface area contributed by atoms with Crippen molar-refractivity contribution in [3.63, 3.8) is 0 Å². The minimum Gasteiger partial charge on any atom is -0.399 e. The van der Waals surface area contributed by atoms with E-state index in [0.717, 1.165) is 0 Å². The van der Waals surface area contributed by atoms with Gasteiger partial charge in [-0.2, -0.15) is 4.31 Å². The Morgan fingerprint density at radius 1 is 1.44 bits per heavy atom. The number of anilines is 1. The van der Waals surface area contributed by atoms with Crippen molar-refractivity contribution in [1.29, 1.82) is 0 Å². The molecule has 0 unspecified atom stereocenters. The summed E-state index contributed by atoms with van der Waals surface area (Å²) in [5, 5.41) is 9.84. The van der Waals surface area contributed by atoms with Crippen molar-refractivity contribution in [2.75, 3.05) is 18.8 Å². The summed E-state index contributed by atoms with van der Waals surface area (Å²) < 4.78 is 25.5. The Kier molecular flexibility index (Phi) is 3.35. The highest BCUT2D eigenvalue weighted by atomic mass is 32.2. The maximum atomic E-state index is 12.1. The second-order valence-electron chi connectivity index (χ2n) is 4.85. The van der Waals surface area contributed by atoms with Crippen molar-refractivity contribution in [2.45, 2.75) is 24.7 Å². The standard InChI is InChI=1S/C12H18N2O3S/c1-2-12(15)8-14(9-12)18(16,17)7-10-4-3-5-11(13)6-10/h3-6,15H,2,7-9,13H2,1H3. The van der Waals surface area contributed by atoms with Crippen molar-refractivity contribution in [3.05, 3.63) is 29.8 Å². The van der Waals surface area contributed by atoms with E-state index in [4.69, 9.17) is 5.73 Å². The Bertz CT molecular complexity index is 536. The number of hydrogen-bond acceptors (Lipinski definition) is 4. The number of benzene rings is 1. The normalized spacial score (nSPS) is 19.4. The summed E-state index contributed by atoms with van der Waals surface area (Å²) in [6.07, 6.45) is 0.567. The van der Waals surface area contributed by atoms with Gasteiger partial charge in [-0.3, -0.25) is 0 Å². The lowest BCUT2D eigenvalue weighted by Crippen LogP contribution is -2.63. The van der Waals surface area contributed by atoms with Crippen LogP contribution < -0.4 is 5.73 Å². The summed E-state index contributed by atoms with van der Waals surface area (Å²) in [7, 11) is -3.36. The van der Waals surface area contributed by atoms with Gasteiger partial charge >= 0.3 is 0 Å². The zero-order valence-electron chi connectivity index (χ0n) is 10.3. The van der Waals surface area contributed by atoms with Gasteiger partial charge in [0.2, 0.25) is 10.0 Å². The Hall–Kier alpha value is -1.11. The van der Waals surface area contributed by atoms with Crippen LogP contribution in [0.15, 0.2) is 24.3 Å². The summed E-state index contributed by atoms with van der Waals surface area (Å²) in [5.74, 6) is -0.0716. The third kappa shape index (κ3) is 2.66.